The lowest BCUT2D eigenvalue weighted by Crippen LogP contribution is -2.35. The molecule has 4 rings (SSSR count). The van der Waals surface area contributed by atoms with Crippen LogP contribution in [0.15, 0.2) is 30.6 Å². The Kier molecular flexibility index (Phi) is 4.63. The Morgan fingerprint density at radius 3 is 2.96 bits per heavy atom. The second-order valence-electron chi connectivity index (χ2n) is 7.27. The normalized spacial score (nSPS) is 18.6. The van der Waals surface area contributed by atoms with E-state index in [4.69, 9.17) is 9.72 Å². The second-order valence-corrected chi connectivity index (χ2v) is 7.27. The fourth-order valence-corrected chi connectivity index (χ4v) is 3.44. The summed E-state index contributed by atoms with van der Waals surface area (Å²) in [6, 6.07) is 6.17. The second kappa shape index (κ2) is 7.07. The summed E-state index contributed by atoms with van der Waals surface area (Å²) in [4.78, 5) is 7.17. The first-order valence-electron chi connectivity index (χ1n) is 9.31. The van der Waals surface area contributed by atoms with Crippen molar-refractivity contribution in [2.45, 2.75) is 45.8 Å². The Morgan fingerprint density at radius 1 is 1.31 bits per heavy atom. The summed E-state index contributed by atoms with van der Waals surface area (Å²) in [5.74, 6) is 1.47. The van der Waals surface area contributed by atoms with Gasteiger partial charge in [0, 0.05) is 49.9 Å². The average Bonchev–Trinajstić information content (AvgIpc) is 3.18. The third-order valence-electron chi connectivity index (χ3n) is 4.77. The van der Waals surface area contributed by atoms with E-state index in [0.717, 1.165) is 55.5 Å². The summed E-state index contributed by atoms with van der Waals surface area (Å²) in [6.45, 7) is 9.66. The van der Waals surface area contributed by atoms with E-state index in [0.29, 0.717) is 5.92 Å². The van der Waals surface area contributed by atoms with Crippen LogP contribution >= 0.6 is 0 Å². The molecule has 3 aromatic heterocycles. The molecule has 0 aliphatic carbocycles. The zero-order chi connectivity index (χ0) is 18.1. The minimum absolute atomic E-state index is 0.0970. The van der Waals surface area contributed by atoms with Crippen molar-refractivity contribution in [3.8, 4) is 0 Å². The van der Waals surface area contributed by atoms with Gasteiger partial charge in [0.1, 0.15) is 5.82 Å². The van der Waals surface area contributed by atoms with Crippen LogP contribution in [0, 0.1) is 6.92 Å². The molecule has 0 amide bonds. The van der Waals surface area contributed by atoms with Gasteiger partial charge in [-0.15, -0.1) is 0 Å². The minimum Gasteiger partial charge on any atom is -0.374 e. The molecule has 0 aromatic carbocycles. The maximum absolute atomic E-state index is 6.08. The van der Waals surface area contributed by atoms with E-state index >= 15 is 0 Å². The molecule has 3 aromatic rings. The van der Waals surface area contributed by atoms with Gasteiger partial charge in [0.15, 0.2) is 5.65 Å². The van der Waals surface area contributed by atoms with Crippen LogP contribution in [0.4, 0.5) is 5.82 Å². The first-order valence-corrected chi connectivity index (χ1v) is 9.31. The van der Waals surface area contributed by atoms with Crippen LogP contribution in [0.5, 0.6) is 0 Å². The molecule has 4 heterocycles. The summed E-state index contributed by atoms with van der Waals surface area (Å²) in [6.07, 6.45) is 4.88. The average molecular weight is 354 g/mol. The highest BCUT2D eigenvalue weighted by Gasteiger charge is 2.23. The number of aryl methyl sites for hydroxylation is 1. The van der Waals surface area contributed by atoms with Crippen molar-refractivity contribution in [3.05, 3.63) is 42.0 Å². The number of rotatable bonds is 4. The van der Waals surface area contributed by atoms with E-state index < -0.39 is 0 Å². The van der Waals surface area contributed by atoms with Crippen molar-refractivity contribution in [2.75, 3.05) is 24.6 Å². The van der Waals surface area contributed by atoms with Crippen LogP contribution in [0.1, 0.15) is 37.6 Å². The van der Waals surface area contributed by atoms with Gasteiger partial charge in [-0.05, 0) is 25.3 Å². The van der Waals surface area contributed by atoms with Crippen molar-refractivity contribution in [1.29, 1.82) is 0 Å². The molecule has 7 heteroatoms. The number of nitrogens with zero attached hydrogens (tertiary/aromatic N) is 6. The minimum atomic E-state index is 0.0970. The van der Waals surface area contributed by atoms with Gasteiger partial charge in [0.2, 0.25) is 0 Å². The molecule has 1 aliphatic heterocycles. The Balaban J connectivity index is 1.68. The number of fused-ring (bicyclic) bond motifs is 1. The SMILES string of the molecule is Cc1cc2nc(C(C)C)cc(N3CCCOC(Cn4cccn4)C3)n2n1. The number of hydrogen-bond donors (Lipinski definition) is 0. The molecule has 1 atom stereocenters. The quantitative estimate of drug-likeness (QED) is 0.721. The molecular weight excluding hydrogens is 328 g/mol. The summed E-state index contributed by atoms with van der Waals surface area (Å²) >= 11 is 0. The van der Waals surface area contributed by atoms with E-state index in [9.17, 15) is 0 Å². The lowest BCUT2D eigenvalue weighted by Gasteiger charge is -2.26. The van der Waals surface area contributed by atoms with Crippen molar-refractivity contribution in [3.63, 3.8) is 0 Å². The highest BCUT2D eigenvalue weighted by molar-refractivity contribution is 5.52. The Bertz CT molecular complexity index is 870. The summed E-state index contributed by atoms with van der Waals surface area (Å²) in [5.41, 5.74) is 3.00. The third-order valence-corrected chi connectivity index (χ3v) is 4.77. The lowest BCUT2D eigenvalue weighted by atomic mass is 10.1. The van der Waals surface area contributed by atoms with Crippen LogP contribution in [0.2, 0.25) is 0 Å². The van der Waals surface area contributed by atoms with E-state index in [1.807, 2.05) is 40.6 Å². The van der Waals surface area contributed by atoms with E-state index in [1.54, 1.807) is 0 Å². The summed E-state index contributed by atoms with van der Waals surface area (Å²) < 4.78 is 9.98. The van der Waals surface area contributed by atoms with E-state index in [-0.39, 0.29) is 6.10 Å². The molecule has 0 radical (unpaired) electrons. The smallest absolute Gasteiger partial charge is 0.157 e. The Hall–Kier alpha value is -2.41. The lowest BCUT2D eigenvalue weighted by molar-refractivity contribution is 0.0543. The number of ether oxygens (including phenoxy) is 1. The number of anilines is 1. The molecule has 26 heavy (non-hydrogen) atoms. The first kappa shape index (κ1) is 17.0. The third kappa shape index (κ3) is 3.44. The van der Waals surface area contributed by atoms with Crippen molar-refractivity contribution < 1.29 is 4.74 Å². The zero-order valence-corrected chi connectivity index (χ0v) is 15.7. The molecule has 1 aliphatic rings. The van der Waals surface area contributed by atoms with Crippen LogP contribution in [0.25, 0.3) is 5.65 Å². The zero-order valence-electron chi connectivity index (χ0n) is 15.7. The molecule has 1 fully saturated rings. The molecule has 0 saturated carbocycles. The van der Waals surface area contributed by atoms with Gasteiger partial charge in [-0.2, -0.15) is 14.7 Å². The van der Waals surface area contributed by atoms with Crippen LogP contribution in [-0.4, -0.2) is 50.2 Å². The standard InChI is InChI=1S/C19H26N6O/c1-14(2)17-11-19(25-18(21-17)10-15(3)22-25)23-7-5-9-26-16(12-23)13-24-8-4-6-20-24/h4,6,8,10-11,14,16H,5,7,9,12-13H2,1-3H3. The Labute approximate surface area is 153 Å². The summed E-state index contributed by atoms with van der Waals surface area (Å²) in [7, 11) is 0. The molecule has 7 nitrogen and oxygen atoms in total. The van der Waals surface area contributed by atoms with Crippen LogP contribution in [0.3, 0.4) is 0 Å². The molecule has 0 bridgehead atoms. The highest BCUT2D eigenvalue weighted by atomic mass is 16.5. The van der Waals surface area contributed by atoms with Crippen molar-refractivity contribution in [2.24, 2.45) is 0 Å². The predicted octanol–water partition coefficient (Wildman–Crippen LogP) is 2.65. The van der Waals surface area contributed by atoms with Gasteiger partial charge in [0.25, 0.3) is 0 Å². The van der Waals surface area contributed by atoms with E-state index in [1.165, 1.54) is 0 Å². The molecule has 1 unspecified atom stereocenters. The van der Waals surface area contributed by atoms with Gasteiger partial charge in [0.05, 0.1) is 18.3 Å². The number of hydrogen-bond acceptors (Lipinski definition) is 5. The predicted molar refractivity (Wildman–Crippen MR) is 101 cm³/mol. The highest BCUT2D eigenvalue weighted by Crippen LogP contribution is 2.24. The Morgan fingerprint density at radius 2 is 2.19 bits per heavy atom. The monoisotopic (exact) mass is 354 g/mol. The first-order chi connectivity index (χ1) is 12.6. The fourth-order valence-electron chi connectivity index (χ4n) is 3.44. The molecular formula is C19H26N6O. The topological polar surface area (TPSA) is 60.5 Å². The largest absolute Gasteiger partial charge is 0.374 e. The van der Waals surface area contributed by atoms with Gasteiger partial charge < -0.3 is 9.64 Å². The van der Waals surface area contributed by atoms with Gasteiger partial charge in [-0.3, -0.25) is 4.68 Å². The maximum atomic E-state index is 6.08. The molecule has 138 valence electrons. The van der Waals surface area contributed by atoms with E-state index in [2.05, 4.69) is 35.0 Å². The van der Waals surface area contributed by atoms with Crippen LogP contribution in [-0.2, 0) is 11.3 Å². The number of aromatic nitrogens is 5. The van der Waals surface area contributed by atoms with Gasteiger partial charge in [-0.1, -0.05) is 13.8 Å². The van der Waals surface area contributed by atoms with Crippen molar-refractivity contribution >= 4 is 11.5 Å². The van der Waals surface area contributed by atoms with Gasteiger partial charge >= 0.3 is 0 Å². The maximum Gasteiger partial charge on any atom is 0.157 e. The molecule has 0 N–H and O–H groups in total. The fraction of sp³-hybridized carbons (Fsp3) is 0.526. The summed E-state index contributed by atoms with van der Waals surface area (Å²) in [5, 5.41) is 8.99. The van der Waals surface area contributed by atoms with Gasteiger partial charge in [-0.25, -0.2) is 4.98 Å². The molecule has 1 saturated heterocycles. The van der Waals surface area contributed by atoms with Crippen molar-refractivity contribution in [1.82, 2.24) is 24.4 Å². The molecule has 0 spiro atoms. The van der Waals surface area contributed by atoms with Crippen LogP contribution < -0.4 is 4.90 Å².